The van der Waals surface area contributed by atoms with E-state index < -0.39 is 5.82 Å². The highest BCUT2D eigenvalue weighted by Crippen LogP contribution is 2.37. The number of aliphatic hydroxyl groups excluding tert-OH is 1. The fraction of sp³-hybridized carbons (Fsp3) is 0.500. The van der Waals surface area contributed by atoms with E-state index in [-0.39, 0.29) is 35.4 Å². The van der Waals surface area contributed by atoms with Gasteiger partial charge in [-0.15, -0.1) is 0 Å². The Morgan fingerprint density at radius 1 is 1.26 bits per heavy atom. The predicted octanol–water partition coefficient (Wildman–Crippen LogP) is 1.66. The van der Waals surface area contributed by atoms with E-state index in [2.05, 4.69) is 0 Å². The third-order valence-corrected chi connectivity index (χ3v) is 4.13. The second-order valence-electron chi connectivity index (χ2n) is 5.38. The highest BCUT2D eigenvalue weighted by Gasteiger charge is 2.43. The fourth-order valence-corrected chi connectivity index (χ4v) is 3.30. The summed E-state index contributed by atoms with van der Waals surface area (Å²) >= 11 is 0. The average Bonchev–Trinajstić information content (AvgIpc) is 2.61. The van der Waals surface area contributed by atoms with E-state index in [9.17, 15) is 19.4 Å². The third-order valence-electron chi connectivity index (χ3n) is 4.13. The van der Waals surface area contributed by atoms with Gasteiger partial charge in [0.1, 0.15) is 11.6 Å². The Morgan fingerprint density at radius 3 is 2.47 bits per heavy atom. The van der Waals surface area contributed by atoms with E-state index in [1.165, 1.54) is 12.1 Å². The maximum atomic E-state index is 13.0. The lowest BCUT2D eigenvalue weighted by Crippen LogP contribution is -2.48. The van der Waals surface area contributed by atoms with Gasteiger partial charge >= 0.3 is 0 Å². The first-order chi connectivity index (χ1) is 9.06. The lowest BCUT2D eigenvalue weighted by atomic mass is 9.98. The molecule has 0 radical (unpaired) electrons. The van der Waals surface area contributed by atoms with Crippen LogP contribution >= 0.6 is 0 Å². The number of aliphatic hydroxyl groups is 1. The topological polar surface area (TPSA) is 60.8 Å². The van der Waals surface area contributed by atoms with Gasteiger partial charge in [0, 0.05) is 18.2 Å². The fourth-order valence-electron chi connectivity index (χ4n) is 3.30. The Morgan fingerprint density at radius 2 is 1.89 bits per heavy atom. The number of carbonyl (C=O) groups is 1. The standard InChI is InChI=1S/C14H16FNO3/c15-8-1-4-12(13(18)5-8)14(19)16-9-2-3-10(16)7-11(17)6-9/h1,4-5,9-11,17-18H,2-3,6-7H2. The summed E-state index contributed by atoms with van der Waals surface area (Å²) in [5.41, 5.74) is 0.134. The number of fused-ring (bicyclic) bond motifs is 2. The van der Waals surface area contributed by atoms with Gasteiger partial charge in [0.25, 0.3) is 5.91 Å². The molecule has 5 heteroatoms. The molecule has 4 nitrogen and oxygen atoms in total. The number of phenols is 1. The van der Waals surface area contributed by atoms with Crippen molar-refractivity contribution < 1.29 is 19.4 Å². The molecule has 0 spiro atoms. The number of aromatic hydroxyl groups is 1. The molecule has 2 heterocycles. The maximum Gasteiger partial charge on any atom is 0.258 e. The minimum absolute atomic E-state index is 0.0331. The molecular weight excluding hydrogens is 249 g/mol. The highest BCUT2D eigenvalue weighted by atomic mass is 19.1. The summed E-state index contributed by atoms with van der Waals surface area (Å²) in [5, 5.41) is 19.4. The average molecular weight is 265 g/mol. The summed E-state index contributed by atoms with van der Waals surface area (Å²) < 4.78 is 13.0. The molecule has 2 aliphatic rings. The number of carbonyl (C=O) groups excluding carboxylic acids is 1. The molecule has 2 aliphatic heterocycles. The monoisotopic (exact) mass is 265 g/mol. The molecule has 0 aliphatic carbocycles. The molecule has 0 saturated carbocycles. The number of benzene rings is 1. The van der Waals surface area contributed by atoms with E-state index in [1.54, 1.807) is 4.90 Å². The summed E-state index contributed by atoms with van der Waals surface area (Å²) in [4.78, 5) is 14.2. The molecule has 2 bridgehead atoms. The normalized spacial score (nSPS) is 29.6. The van der Waals surface area contributed by atoms with Crippen LogP contribution in [0.25, 0.3) is 0 Å². The van der Waals surface area contributed by atoms with Crippen LogP contribution in [-0.2, 0) is 0 Å². The van der Waals surface area contributed by atoms with Crippen molar-refractivity contribution >= 4 is 5.91 Å². The van der Waals surface area contributed by atoms with E-state index in [0.717, 1.165) is 18.9 Å². The van der Waals surface area contributed by atoms with Crippen LogP contribution in [0.4, 0.5) is 4.39 Å². The van der Waals surface area contributed by atoms with Gasteiger partial charge in [0.05, 0.1) is 11.7 Å². The van der Waals surface area contributed by atoms with Gasteiger partial charge in [-0.05, 0) is 37.8 Å². The molecule has 1 aromatic carbocycles. The van der Waals surface area contributed by atoms with Gasteiger partial charge in [0.15, 0.2) is 0 Å². The quantitative estimate of drug-likeness (QED) is 0.811. The summed E-state index contributed by atoms with van der Waals surface area (Å²) in [6, 6.07) is 3.51. The Balaban J connectivity index is 1.88. The van der Waals surface area contributed by atoms with Crippen LogP contribution < -0.4 is 0 Å². The van der Waals surface area contributed by atoms with E-state index in [0.29, 0.717) is 12.8 Å². The molecular formula is C14H16FNO3. The summed E-state index contributed by atoms with van der Waals surface area (Å²) in [6.07, 6.45) is 2.60. The minimum Gasteiger partial charge on any atom is -0.507 e. The van der Waals surface area contributed by atoms with Crippen molar-refractivity contribution in [3.63, 3.8) is 0 Å². The SMILES string of the molecule is O=C(c1ccc(F)cc1O)N1C2CCC1CC(O)C2. The molecule has 19 heavy (non-hydrogen) atoms. The van der Waals surface area contributed by atoms with Gasteiger partial charge in [-0.3, -0.25) is 4.79 Å². The first kappa shape index (κ1) is 12.4. The van der Waals surface area contributed by atoms with Crippen molar-refractivity contribution in [3.05, 3.63) is 29.6 Å². The van der Waals surface area contributed by atoms with Gasteiger partial charge in [-0.1, -0.05) is 0 Å². The molecule has 2 unspecified atom stereocenters. The van der Waals surface area contributed by atoms with Crippen molar-refractivity contribution in [1.29, 1.82) is 0 Å². The Kier molecular flexibility index (Phi) is 2.93. The van der Waals surface area contributed by atoms with Gasteiger partial charge < -0.3 is 15.1 Å². The van der Waals surface area contributed by atoms with E-state index >= 15 is 0 Å². The van der Waals surface area contributed by atoms with Crippen LogP contribution in [0.5, 0.6) is 5.75 Å². The van der Waals surface area contributed by atoms with Crippen molar-refractivity contribution in [2.75, 3.05) is 0 Å². The number of piperidine rings is 1. The maximum absolute atomic E-state index is 13.0. The molecule has 3 rings (SSSR count). The molecule has 0 aromatic heterocycles. The second-order valence-corrected chi connectivity index (χ2v) is 5.38. The number of amides is 1. The van der Waals surface area contributed by atoms with Crippen molar-refractivity contribution in [3.8, 4) is 5.75 Å². The van der Waals surface area contributed by atoms with Crippen LogP contribution in [0.15, 0.2) is 18.2 Å². The summed E-state index contributed by atoms with van der Waals surface area (Å²) in [5.74, 6) is -1.15. The van der Waals surface area contributed by atoms with E-state index in [1.807, 2.05) is 0 Å². The minimum atomic E-state index is -0.564. The van der Waals surface area contributed by atoms with E-state index in [4.69, 9.17) is 0 Å². The van der Waals surface area contributed by atoms with Gasteiger partial charge in [-0.2, -0.15) is 0 Å². The molecule has 2 atom stereocenters. The summed E-state index contributed by atoms with van der Waals surface area (Å²) in [6.45, 7) is 0. The predicted molar refractivity (Wildman–Crippen MR) is 66.3 cm³/mol. The number of hydrogen-bond acceptors (Lipinski definition) is 3. The van der Waals surface area contributed by atoms with Crippen LogP contribution in [0.3, 0.4) is 0 Å². The van der Waals surface area contributed by atoms with Crippen LogP contribution in [0, 0.1) is 5.82 Å². The number of rotatable bonds is 1. The largest absolute Gasteiger partial charge is 0.507 e. The zero-order chi connectivity index (χ0) is 13.6. The molecule has 2 N–H and O–H groups in total. The van der Waals surface area contributed by atoms with Crippen LogP contribution in [0.1, 0.15) is 36.0 Å². The lowest BCUT2D eigenvalue weighted by Gasteiger charge is -2.37. The summed E-state index contributed by atoms with van der Waals surface area (Å²) in [7, 11) is 0. The molecule has 1 aromatic rings. The smallest absolute Gasteiger partial charge is 0.258 e. The molecule has 102 valence electrons. The Hall–Kier alpha value is -1.62. The Labute approximate surface area is 110 Å². The first-order valence-electron chi connectivity index (χ1n) is 6.55. The van der Waals surface area contributed by atoms with Crippen molar-refractivity contribution in [2.45, 2.75) is 43.9 Å². The number of halogens is 1. The van der Waals surface area contributed by atoms with Gasteiger partial charge in [0.2, 0.25) is 0 Å². The third kappa shape index (κ3) is 2.08. The van der Waals surface area contributed by atoms with Gasteiger partial charge in [-0.25, -0.2) is 4.39 Å². The first-order valence-corrected chi connectivity index (χ1v) is 6.55. The van der Waals surface area contributed by atoms with Crippen molar-refractivity contribution in [2.24, 2.45) is 0 Å². The zero-order valence-corrected chi connectivity index (χ0v) is 10.4. The Bertz CT molecular complexity index is 505. The molecule has 2 fully saturated rings. The number of nitrogens with zero attached hydrogens (tertiary/aromatic N) is 1. The lowest BCUT2D eigenvalue weighted by molar-refractivity contribution is 0.0285. The molecule has 1 amide bonds. The second kappa shape index (κ2) is 4.49. The van der Waals surface area contributed by atoms with Crippen LogP contribution in [0.2, 0.25) is 0 Å². The highest BCUT2D eigenvalue weighted by molar-refractivity contribution is 5.97. The van der Waals surface area contributed by atoms with Crippen molar-refractivity contribution in [1.82, 2.24) is 4.90 Å². The molecule has 2 saturated heterocycles. The zero-order valence-electron chi connectivity index (χ0n) is 10.4. The van der Waals surface area contributed by atoms with Crippen LogP contribution in [-0.4, -0.2) is 39.2 Å². The number of hydrogen-bond donors (Lipinski definition) is 2. The number of phenolic OH excluding ortho intramolecular Hbond substituents is 1.